The molecule has 0 fully saturated rings. The predicted molar refractivity (Wildman–Crippen MR) is 46.7 cm³/mol. The highest BCUT2D eigenvalue weighted by Crippen LogP contribution is 2.36. The molecule has 6 heteroatoms. The van der Waals surface area contributed by atoms with Crippen molar-refractivity contribution in [1.29, 1.82) is 0 Å². The van der Waals surface area contributed by atoms with Crippen molar-refractivity contribution < 1.29 is 14.7 Å². The molecule has 0 aliphatic heterocycles. The SMILES string of the molecule is CC(CC(=O)C(=O)O)C(Cl)(Cl)Cl. The monoisotopic (exact) mass is 232 g/mol. The van der Waals surface area contributed by atoms with E-state index in [1.54, 1.807) is 0 Å². The van der Waals surface area contributed by atoms with E-state index in [4.69, 9.17) is 39.9 Å². The van der Waals surface area contributed by atoms with E-state index in [1.807, 2.05) is 0 Å². The molecule has 0 aromatic rings. The Balaban J connectivity index is 4.11. The summed E-state index contributed by atoms with van der Waals surface area (Å²) < 4.78 is -1.59. The third kappa shape index (κ3) is 4.14. The van der Waals surface area contributed by atoms with Crippen molar-refractivity contribution in [3.8, 4) is 0 Å². The van der Waals surface area contributed by atoms with Gasteiger partial charge in [0.2, 0.25) is 5.78 Å². The minimum atomic E-state index is -1.59. The average Bonchev–Trinajstić information content (AvgIpc) is 1.85. The number of halogens is 3. The van der Waals surface area contributed by atoms with Crippen molar-refractivity contribution in [3.63, 3.8) is 0 Å². The van der Waals surface area contributed by atoms with Crippen LogP contribution in [0.4, 0.5) is 0 Å². The third-order valence-electron chi connectivity index (χ3n) is 1.29. The van der Waals surface area contributed by atoms with Gasteiger partial charge in [0.25, 0.3) is 0 Å². The number of hydrogen-bond donors (Lipinski definition) is 1. The molecule has 70 valence electrons. The van der Waals surface area contributed by atoms with E-state index in [9.17, 15) is 9.59 Å². The van der Waals surface area contributed by atoms with Gasteiger partial charge >= 0.3 is 5.97 Å². The molecule has 1 unspecified atom stereocenters. The van der Waals surface area contributed by atoms with Crippen LogP contribution in [-0.4, -0.2) is 20.7 Å². The van der Waals surface area contributed by atoms with Crippen molar-refractivity contribution in [2.24, 2.45) is 5.92 Å². The number of carboxylic acid groups (broad SMARTS) is 1. The first kappa shape index (κ1) is 12.0. The fraction of sp³-hybridized carbons (Fsp3) is 0.667. The van der Waals surface area contributed by atoms with E-state index < -0.39 is 21.5 Å². The minimum Gasteiger partial charge on any atom is -0.476 e. The van der Waals surface area contributed by atoms with Crippen LogP contribution in [0.5, 0.6) is 0 Å². The Morgan fingerprint density at radius 2 is 1.83 bits per heavy atom. The molecule has 0 spiro atoms. The number of ketones is 1. The van der Waals surface area contributed by atoms with E-state index in [0.29, 0.717) is 0 Å². The van der Waals surface area contributed by atoms with E-state index in [2.05, 4.69) is 0 Å². The zero-order chi connectivity index (χ0) is 9.94. The van der Waals surface area contributed by atoms with E-state index >= 15 is 0 Å². The van der Waals surface area contributed by atoms with Crippen LogP contribution in [0.25, 0.3) is 0 Å². The van der Waals surface area contributed by atoms with Crippen molar-refractivity contribution in [1.82, 2.24) is 0 Å². The highest BCUT2D eigenvalue weighted by atomic mass is 35.6. The van der Waals surface area contributed by atoms with Crippen molar-refractivity contribution in [2.45, 2.75) is 17.1 Å². The van der Waals surface area contributed by atoms with Crippen LogP contribution < -0.4 is 0 Å². The molecule has 0 saturated heterocycles. The van der Waals surface area contributed by atoms with Gasteiger partial charge in [-0.05, 0) is 0 Å². The lowest BCUT2D eigenvalue weighted by molar-refractivity contribution is -0.149. The molecule has 0 heterocycles. The van der Waals surface area contributed by atoms with E-state index in [-0.39, 0.29) is 6.42 Å². The van der Waals surface area contributed by atoms with Gasteiger partial charge in [-0.1, -0.05) is 41.7 Å². The van der Waals surface area contributed by atoms with Crippen LogP contribution >= 0.6 is 34.8 Å². The van der Waals surface area contributed by atoms with Crippen LogP contribution in [0.1, 0.15) is 13.3 Å². The molecule has 0 aliphatic rings. The van der Waals surface area contributed by atoms with Gasteiger partial charge in [-0.2, -0.15) is 0 Å². The Morgan fingerprint density at radius 1 is 1.42 bits per heavy atom. The normalized spacial score (nSPS) is 14.0. The second kappa shape index (κ2) is 4.30. The van der Waals surface area contributed by atoms with Gasteiger partial charge in [-0.3, -0.25) is 4.79 Å². The van der Waals surface area contributed by atoms with E-state index in [0.717, 1.165) is 0 Å². The second-order valence-electron chi connectivity index (χ2n) is 2.38. The smallest absolute Gasteiger partial charge is 0.372 e. The average molecular weight is 233 g/mol. The Kier molecular flexibility index (Phi) is 4.31. The van der Waals surface area contributed by atoms with Crippen molar-refractivity contribution >= 4 is 46.6 Å². The minimum absolute atomic E-state index is 0.272. The van der Waals surface area contributed by atoms with Crippen molar-refractivity contribution in [2.75, 3.05) is 0 Å². The third-order valence-corrected chi connectivity index (χ3v) is 2.41. The van der Waals surface area contributed by atoms with Crippen LogP contribution in [-0.2, 0) is 9.59 Å². The molecule has 0 saturated carbocycles. The maximum absolute atomic E-state index is 10.6. The molecule has 1 atom stereocenters. The van der Waals surface area contributed by atoms with Gasteiger partial charge in [0.05, 0.1) is 0 Å². The van der Waals surface area contributed by atoms with Gasteiger partial charge < -0.3 is 5.11 Å². The molecular weight excluding hydrogens is 226 g/mol. The first-order valence-corrected chi connectivity index (χ1v) is 4.21. The summed E-state index contributed by atoms with van der Waals surface area (Å²) in [4.78, 5) is 20.7. The summed E-state index contributed by atoms with van der Waals surface area (Å²) >= 11 is 16.3. The molecule has 0 aliphatic carbocycles. The zero-order valence-electron chi connectivity index (χ0n) is 6.18. The highest BCUT2D eigenvalue weighted by Gasteiger charge is 2.31. The lowest BCUT2D eigenvalue weighted by Gasteiger charge is -2.17. The summed E-state index contributed by atoms with van der Waals surface area (Å²) in [5.74, 6) is -3.06. The number of Topliss-reactive ketones (excluding diaryl/α,β-unsaturated/α-hetero) is 1. The molecule has 3 nitrogen and oxygen atoms in total. The topological polar surface area (TPSA) is 54.4 Å². The lowest BCUT2D eigenvalue weighted by atomic mass is 10.1. The molecule has 0 amide bonds. The molecule has 0 radical (unpaired) electrons. The Hall–Kier alpha value is 0.01000. The summed E-state index contributed by atoms with van der Waals surface area (Å²) in [7, 11) is 0. The fourth-order valence-corrected chi connectivity index (χ4v) is 0.713. The number of hydrogen-bond acceptors (Lipinski definition) is 2. The lowest BCUT2D eigenvalue weighted by Crippen LogP contribution is -2.23. The van der Waals surface area contributed by atoms with Gasteiger partial charge in [0.15, 0.2) is 3.79 Å². The van der Waals surface area contributed by atoms with Gasteiger partial charge in [0.1, 0.15) is 0 Å². The van der Waals surface area contributed by atoms with Crippen LogP contribution in [0.15, 0.2) is 0 Å². The Bertz CT molecular complexity index is 197. The molecule has 0 rings (SSSR count). The predicted octanol–water partition coefficient (Wildman–Crippen LogP) is 2.04. The second-order valence-corrected chi connectivity index (χ2v) is 4.74. The van der Waals surface area contributed by atoms with E-state index in [1.165, 1.54) is 6.92 Å². The number of rotatable bonds is 3. The number of carbonyl (C=O) groups excluding carboxylic acids is 1. The standard InChI is InChI=1S/C6H7Cl3O3/c1-3(6(7,8)9)2-4(10)5(11)12/h3H,2H2,1H3,(H,11,12). The Labute approximate surface area is 84.6 Å². The molecule has 12 heavy (non-hydrogen) atoms. The number of alkyl halides is 3. The summed E-state index contributed by atoms with van der Waals surface area (Å²) in [6, 6.07) is 0. The maximum atomic E-state index is 10.6. The molecular formula is C6H7Cl3O3. The summed E-state index contributed by atoms with van der Waals surface area (Å²) in [5.41, 5.74) is 0. The number of aliphatic carboxylic acids is 1. The summed E-state index contributed by atoms with van der Waals surface area (Å²) in [6.07, 6.45) is -0.272. The molecule has 1 N–H and O–H groups in total. The van der Waals surface area contributed by atoms with Crippen LogP contribution in [0.3, 0.4) is 0 Å². The van der Waals surface area contributed by atoms with Gasteiger partial charge in [0, 0.05) is 12.3 Å². The molecule has 0 bridgehead atoms. The van der Waals surface area contributed by atoms with Crippen LogP contribution in [0.2, 0.25) is 0 Å². The number of carboxylic acids is 1. The first-order chi connectivity index (χ1) is 5.25. The summed E-state index contributed by atoms with van der Waals surface area (Å²) in [5, 5.41) is 8.22. The van der Waals surface area contributed by atoms with Crippen LogP contribution in [0, 0.1) is 5.92 Å². The number of carbonyl (C=O) groups is 2. The maximum Gasteiger partial charge on any atom is 0.372 e. The Morgan fingerprint density at radius 3 is 2.08 bits per heavy atom. The molecule has 0 aromatic carbocycles. The fourth-order valence-electron chi connectivity index (χ4n) is 0.481. The zero-order valence-corrected chi connectivity index (χ0v) is 8.45. The van der Waals surface area contributed by atoms with Gasteiger partial charge in [-0.15, -0.1) is 0 Å². The van der Waals surface area contributed by atoms with Gasteiger partial charge in [-0.25, -0.2) is 4.79 Å². The summed E-state index contributed by atoms with van der Waals surface area (Å²) in [6.45, 7) is 1.49. The molecule has 0 aromatic heterocycles. The largest absolute Gasteiger partial charge is 0.476 e. The highest BCUT2D eigenvalue weighted by molar-refractivity contribution is 6.67. The first-order valence-electron chi connectivity index (χ1n) is 3.08. The van der Waals surface area contributed by atoms with Crippen molar-refractivity contribution in [3.05, 3.63) is 0 Å². The quantitative estimate of drug-likeness (QED) is 0.599.